The van der Waals surface area contributed by atoms with Gasteiger partial charge in [-0.15, -0.1) is 12.4 Å². The lowest BCUT2D eigenvalue weighted by molar-refractivity contribution is -0.119. The summed E-state index contributed by atoms with van der Waals surface area (Å²) in [5.74, 6) is 0.739. The number of benzene rings is 1. The number of nitrogens with zero attached hydrogens (tertiary/aromatic N) is 3. The largest absolute Gasteiger partial charge is 0.497 e. The minimum absolute atomic E-state index is 0. The van der Waals surface area contributed by atoms with Crippen LogP contribution in [0.4, 0.5) is 5.13 Å². The molecule has 1 aromatic heterocycles. The molecule has 0 bridgehead atoms. The predicted octanol–water partition coefficient (Wildman–Crippen LogP) is 2.67. The Balaban J connectivity index is 0.00000256. The number of hydrogen-bond donors (Lipinski definition) is 0. The van der Waals surface area contributed by atoms with Crippen LogP contribution in [0, 0.1) is 0 Å². The van der Waals surface area contributed by atoms with Crippen molar-refractivity contribution in [3.05, 3.63) is 30.2 Å². The molecule has 2 aliphatic rings. The molecule has 0 saturated carbocycles. The second kappa shape index (κ2) is 10.8. The molecule has 1 amide bonds. The minimum Gasteiger partial charge on any atom is -0.497 e. The van der Waals surface area contributed by atoms with Crippen molar-refractivity contribution in [2.45, 2.75) is 6.42 Å². The van der Waals surface area contributed by atoms with Gasteiger partial charge in [-0.05, 0) is 18.6 Å². The van der Waals surface area contributed by atoms with Gasteiger partial charge in [-0.25, -0.2) is 4.98 Å². The first-order valence-electron chi connectivity index (χ1n) is 9.76. The fraction of sp³-hybridized carbons (Fsp3) is 0.500. The van der Waals surface area contributed by atoms with Crippen LogP contribution in [0.1, 0.15) is 6.42 Å². The Bertz CT molecular complexity index is 884. The second-order valence-electron chi connectivity index (χ2n) is 6.80. The van der Waals surface area contributed by atoms with E-state index in [0.29, 0.717) is 24.9 Å². The Morgan fingerprint density at radius 2 is 2.10 bits per heavy atom. The molecule has 0 atom stereocenters. The number of methoxy groups -OCH3 is 1. The molecule has 30 heavy (non-hydrogen) atoms. The van der Waals surface area contributed by atoms with Crippen molar-refractivity contribution in [2.75, 3.05) is 64.6 Å². The van der Waals surface area contributed by atoms with Crippen molar-refractivity contribution in [2.24, 2.45) is 0 Å². The summed E-state index contributed by atoms with van der Waals surface area (Å²) in [6, 6.07) is 5.74. The highest BCUT2D eigenvalue weighted by molar-refractivity contribution is 7.22. The van der Waals surface area contributed by atoms with Crippen molar-refractivity contribution in [1.29, 1.82) is 0 Å². The fourth-order valence-electron chi connectivity index (χ4n) is 3.31. The molecule has 0 spiro atoms. The highest BCUT2D eigenvalue weighted by atomic mass is 35.5. The van der Waals surface area contributed by atoms with E-state index in [-0.39, 0.29) is 24.1 Å². The third-order valence-electron chi connectivity index (χ3n) is 4.88. The molecule has 0 aliphatic carbocycles. The molecule has 0 N–H and O–H groups in total. The number of hydrogen-bond acceptors (Lipinski definition) is 8. The van der Waals surface area contributed by atoms with Crippen LogP contribution in [0.5, 0.6) is 5.75 Å². The number of fused-ring (bicyclic) bond motifs is 1. The second-order valence-corrected chi connectivity index (χ2v) is 7.80. The normalized spacial score (nSPS) is 16.8. The third kappa shape index (κ3) is 5.34. The standard InChI is InChI=1S/C20H25N3O5S.ClH/c1-25-15-3-4-18-16(13-15)21-20(29-18)23(19(24)17-14-27-11-12-28-17)6-2-5-22-7-9-26-10-8-22;/h3-4,13-14H,2,5-12H2,1H3;1H. The number of ether oxygens (including phenoxy) is 4. The van der Waals surface area contributed by atoms with Gasteiger partial charge < -0.3 is 18.9 Å². The molecule has 1 aromatic carbocycles. The number of halogens is 1. The highest BCUT2D eigenvalue weighted by Crippen LogP contribution is 2.32. The van der Waals surface area contributed by atoms with E-state index in [1.165, 1.54) is 17.6 Å². The quantitative estimate of drug-likeness (QED) is 0.635. The van der Waals surface area contributed by atoms with E-state index in [1.54, 1.807) is 12.0 Å². The minimum atomic E-state index is -0.224. The van der Waals surface area contributed by atoms with Gasteiger partial charge in [0.25, 0.3) is 5.91 Å². The number of carbonyl (C=O) groups is 1. The zero-order valence-corrected chi connectivity index (χ0v) is 18.5. The van der Waals surface area contributed by atoms with Gasteiger partial charge in [0.15, 0.2) is 5.13 Å². The molecule has 4 rings (SSSR count). The van der Waals surface area contributed by atoms with Crippen LogP contribution in [-0.2, 0) is 19.0 Å². The topological polar surface area (TPSA) is 73.4 Å². The van der Waals surface area contributed by atoms with Crippen molar-refractivity contribution >= 4 is 45.0 Å². The van der Waals surface area contributed by atoms with E-state index in [1.807, 2.05) is 18.2 Å². The highest BCUT2D eigenvalue weighted by Gasteiger charge is 2.26. The Morgan fingerprint density at radius 3 is 2.83 bits per heavy atom. The molecule has 3 heterocycles. The molecular formula is C20H26ClN3O5S. The van der Waals surface area contributed by atoms with Crippen LogP contribution in [0.25, 0.3) is 10.2 Å². The Hall–Kier alpha value is -2.07. The molecule has 1 saturated heterocycles. The molecule has 164 valence electrons. The zero-order chi connectivity index (χ0) is 20.1. The average Bonchev–Trinajstić information content (AvgIpc) is 3.20. The monoisotopic (exact) mass is 455 g/mol. The summed E-state index contributed by atoms with van der Waals surface area (Å²) < 4.78 is 22.5. The first kappa shape index (κ1) is 22.6. The summed E-state index contributed by atoms with van der Waals surface area (Å²) in [7, 11) is 1.63. The Kier molecular flexibility index (Phi) is 8.15. The third-order valence-corrected chi connectivity index (χ3v) is 5.94. The van der Waals surface area contributed by atoms with Crippen LogP contribution in [0.3, 0.4) is 0 Å². The van der Waals surface area contributed by atoms with Gasteiger partial charge in [0.1, 0.15) is 25.2 Å². The maximum absolute atomic E-state index is 13.1. The van der Waals surface area contributed by atoms with Gasteiger partial charge in [-0.1, -0.05) is 11.3 Å². The van der Waals surface area contributed by atoms with E-state index in [2.05, 4.69) is 9.88 Å². The fourth-order valence-corrected chi connectivity index (χ4v) is 4.28. The number of rotatable bonds is 7. The number of morpholine rings is 1. The summed E-state index contributed by atoms with van der Waals surface area (Å²) in [6.45, 7) is 5.66. The van der Waals surface area contributed by atoms with E-state index in [0.717, 1.165) is 55.2 Å². The van der Waals surface area contributed by atoms with Crippen molar-refractivity contribution < 1.29 is 23.7 Å². The van der Waals surface area contributed by atoms with Crippen LogP contribution in [-0.4, -0.2) is 75.5 Å². The van der Waals surface area contributed by atoms with Crippen molar-refractivity contribution in [1.82, 2.24) is 9.88 Å². The van der Waals surface area contributed by atoms with Crippen LogP contribution in [0.2, 0.25) is 0 Å². The number of anilines is 1. The molecular weight excluding hydrogens is 430 g/mol. The maximum Gasteiger partial charge on any atom is 0.298 e. The van der Waals surface area contributed by atoms with Crippen LogP contribution in [0.15, 0.2) is 30.2 Å². The Morgan fingerprint density at radius 1 is 1.27 bits per heavy atom. The molecule has 2 aromatic rings. The first-order chi connectivity index (χ1) is 14.2. The molecule has 2 aliphatic heterocycles. The molecule has 1 fully saturated rings. The smallest absolute Gasteiger partial charge is 0.298 e. The van der Waals surface area contributed by atoms with Gasteiger partial charge >= 0.3 is 0 Å². The van der Waals surface area contributed by atoms with Crippen LogP contribution < -0.4 is 9.64 Å². The van der Waals surface area contributed by atoms with Gasteiger partial charge in [0.05, 0.1) is 30.5 Å². The Labute approximate surface area is 185 Å². The average molecular weight is 456 g/mol. The number of amides is 1. The van der Waals surface area contributed by atoms with E-state index in [9.17, 15) is 4.79 Å². The summed E-state index contributed by atoms with van der Waals surface area (Å²) in [6.07, 6.45) is 2.23. The number of thiazole rings is 1. The van der Waals surface area contributed by atoms with Gasteiger partial charge in [-0.3, -0.25) is 14.6 Å². The summed E-state index contributed by atoms with van der Waals surface area (Å²) in [5, 5.41) is 0.648. The van der Waals surface area contributed by atoms with E-state index in [4.69, 9.17) is 18.9 Å². The zero-order valence-electron chi connectivity index (χ0n) is 16.9. The SMILES string of the molecule is COc1ccc2sc(N(CCCN3CCOCC3)C(=O)C3=COCCO3)nc2c1.Cl. The van der Waals surface area contributed by atoms with Crippen molar-refractivity contribution in [3.8, 4) is 5.75 Å². The summed E-state index contributed by atoms with van der Waals surface area (Å²) in [5.41, 5.74) is 0.810. The predicted molar refractivity (Wildman–Crippen MR) is 118 cm³/mol. The van der Waals surface area contributed by atoms with Crippen LogP contribution >= 0.6 is 23.7 Å². The molecule has 10 heteroatoms. The lowest BCUT2D eigenvalue weighted by atomic mass is 10.3. The van der Waals surface area contributed by atoms with Gasteiger partial charge in [0, 0.05) is 32.2 Å². The van der Waals surface area contributed by atoms with E-state index < -0.39 is 0 Å². The molecule has 0 radical (unpaired) electrons. The van der Waals surface area contributed by atoms with Gasteiger partial charge in [0.2, 0.25) is 5.76 Å². The summed E-state index contributed by atoms with van der Waals surface area (Å²) in [4.78, 5) is 21.9. The first-order valence-corrected chi connectivity index (χ1v) is 10.6. The number of carbonyl (C=O) groups excluding carboxylic acids is 1. The van der Waals surface area contributed by atoms with Crippen molar-refractivity contribution in [3.63, 3.8) is 0 Å². The number of aromatic nitrogens is 1. The molecule has 0 unspecified atom stereocenters. The van der Waals surface area contributed by atoms with E-state index >= 15 is 0 Å². The maximum atomic E-state index is 13.1. The lowest BCUT2D eigenvalue weighted by Gasteiger charge is -2.28. The summed E-state index contributed by atoms with van der Waals surface area (Å²) >= 11 is 1.48. The molecule has 8 nitrogen and oxygen atoms in total. The lowest BCUT2D eigenvalue weighted by Crippen LogP contribution is -2.40. The van der Waals surface area contributed by atoms with Gasteiger partial charge in [-0.2, -0.15) is 0 Å².